The van der Waals surface area contributed by atoms with E-state index < -0.39 is 11.8 Å². The molecule has 0 saturated carbocycles. The Bertz CT molecular complexity index is 1460. The number of hydrogen-bond donors (Lipinski definition) is 1. The van der Waals surface area contributed by atoms with Gasteiger partial charge in [0.05, 0.1) is 11.1 Å². The summed E-state index contributed by atoms with van der Waals surface area (Å²) in [5.74, 6) is -0.479. The van der Waals surface area contributed by atoms with E-state index in [1.165, 1.54) is 0 Å². The SMILES string of the molecule is O=C1c2ccccc2C(=O)N1c1nc2n(n1)C(c1ccc(Cl)cc1)C=C(c1ccc(Cl)cc1)N2. The summed E-state index contributed by atoms with van der Waals surface area (Å²) in [7, 11) is 0. The predicted molar refractivity (Wildman–Crippen MR) is 130 cm³/mol. The van der Waals surface area contributed by atoms with E-state index in [1.54, 1.807) is 53.2 Å². The zero-order valence-corrected chi connectivity index (χ0v) is 19.0. The monoisotopic (exact) mass is 487 g/mol. The molecule has 9 heteroatoms. The van der Waals surface area contributed by atoms with Gasteiger partial charge in [-0.15, -0.1) is 5.10 Å². The first-order valence-electron chi connectivity index (χ1n) is 10.4. The minimum absolute atomic E-state index is 0.0124. The molecule has 2 aliphatic rings. The number of carbonyl (C=O) groups is 2. The Hall–Kier alpha value is -3.94. The van der Waals surface area contributed by atoms with Gasteiger partial charge in [0.2, 0.25) is 5.95 Å². The van der Waals surface area contributed by atoms with Crippen molar-refractivity contribution in [3.8, 4) is 0 Å². The molecule has 3 aromatic carbocycles. The van der Waals surface area contributed by atoms with Gasteiger partial charge in [-0.1, -0.05) is 59.6 Å². The lowest BCUT2D eigenvalue weighted by Crippen LogP contribution is -2.30. The van der Waals surface area contributed by atoms with Crippen LogP contribution >= 0.6 is 23.2 Å². The molecule has 7 nitrogen and oxygen atoms in total. The quantitative estimate of drug-likeness (QED) is 0.389. The van der Waals surface area contributed by atoms with Crippen LogP contribution in [0, 0.1) is 0 Å². The van der Waals surface area contributed by atoms with Crippen LogP contribution in [0.4, 0.5) is 11.9 Å². The second-order valence-corrected chi connectivity index (χ2v) is 8.75. The zero-order chi connectivity index (χ0) is 23.4. The van der Waals surface area contributed by atoms with Gasteiger partial charge in [0.1, 0.15) is 6.04 Å². The van der Waals surface area contributed by atoms with Gasteiger partial charge in [-0.05, 0) is 53.6 Å². The Morgan fingerprint density at radius 2 is 1.38 bits per heavy atom. The normalized spacial score (nSPS) is 16.7. The average Bonchev–Trinajstić information content (AvgIpc) is 3.38. The van der Waals surface area contributed by atoms with Gasteiger partial charge in [0, 0.05) is 15.7 Å². The highest BCUT2D eigenvalue weighted by Crippen LogP contribution is 2.36. The summed E-state index contributed by atoms with van der Waals surface area (Å²) in [6.45, 7) is 0. The van der Waals surface area contributed by atoms with Crippen LogP contribution in [0.2, 0.25) is 10.0 Å². The fourth-order valence-electron chi connectivity index (χ4n) is 4.14. The molecule has 1 unspecified atom stereocenters. The molecule has 3 heterocycles. The van der Waals surface area contributed by atoms with Crippen molar-refractivity contribution < 1.29 is 9.59 Å². The topological polar surface area (TPSA) is 80.1 Å². The van der Waals surface area contributed by atoms with E-state index in [2.05, 4.69) is 15.4 Å². The molecular weight excluding hydrogens is 473 g/mol. The predicted octanol–water partition coefficient (Wildman–Crippen LogP) is 5.44. The van der Waals surface area contributed by atoms with Crippen LogP contribution in [0.5, 0.6) is 0 Å². The number of aromatic nitrogens is 3. The smallest absolute Gasteiger partial charge is 0.268 e. The van der Waals surface area contributed by atoms with Crippen molar-refractivity contribution in [2.24, 2.45) is 0 Å². The van der Waals surface area contributed by atoms with E-state index in [-0.39, 0.29) is 12.0 Å². The number of fused-ring (bicyclic) bond motifs is 2. The van der Waals surface area contributed by atoms with E-state index in [0.29, 0.717) is 27.1 Å². The number of amides is 2. The number of hydrogen-bond acceptors (Lipinski definition) is 5. The summed E-state index contributed by atoms with van der Waals surface area (Å²) < 4.78 is 1.65. The lowest BCUT2D eigenvalue weighted by molar-refractivity contribution is 0.0924. The number of carbonyl (C=O) groups excluding carboxylic acids is 2. The summed E-state index contributed by atoms with van der Waals surface area (Å²) in [5.41, 5.74) is 3.28. The van der Waals surface area contributed by atoms with E-state index in [9.17, 15) is 9.59 Å². The standard InChI is InChI=1S/C25H15Cl2N5O2/c26-16-9-5-14(6-10-16)20-13-21(15-7-11-17(27)12-8-15)32-24(28-20)29-25(30-32)31-22(33)18-3-1-2-4-19(18)23(31)34/h1-13,21H,(H,28,29,30). The van der Waals surface area contributed by atoms with Crippen molar-refractivity contribution in [2.75, 3.05) is 10.2 Å². The average molecular weight is 488 g/mol. The van der Waals surface area contributed by atoms with Crippen LogP contribution in [0.25, 0.3) is 5.70 Å². The van der Waals surface area contributed by atoms with Crippen molar-refractivity contribution in [3.05, 3.63) is 111 Å². The van der Waals surface area contributed by atoms with Crippen LogP contribution in [-0.4, -0.2) is 26.6 Å². The maximum absolute atomic E-state index is 13.0. The third-order valence-electron chi connectivity index (χ3n) is 5.82. The molecule has 1 atom stereocenters. The number of anilines is 2. The Morgan fingerprint density at radius 3 is 2.00 bits per heavy atom. The van der Waals surface area contributed by atoms with Gasteiger partial charge >= 0.3 is 0 Å². The number of nitrogens with one attached hydrogen (secondary N) is 1. The molecule has 1 N–H and O–H groups in total. The van der Waals surface area contributed by atoms with Crippen LogP contribution in [-0.2, 0) is 0 Å². The van der Waals surface area contributed by atoms with Gasteiger partial charge in [-0.3, -0.25) is 9.59 Å². The maximum Gasteiger partial charge on any atom is 0.268 e. The van der Waals surface area contributed by atoms with Gasteiger partial charge in [-0.2, -0.15) is 4.98 Å². The molecule has 0 aliphatic carbocycles. The van der Waals surface area contributed by atoms with Crippen LogP contribution < -0.4 is 10.2 Å². The van der Waals surface area contributed by atoms with E-state index >= 15 is 0 Å². The Labute approximate surface area is 204 Å². The molecule has 0 bridgehead atoms. The third-order valence-corrected chi connectivity index (χ3v) is 6.32. The zero-order valence-electron chi connectivity index (χ0n) is 17.4. The third kappa shape index (κ3) is 3.29. The van der Waals surface area contributed by atoms with Gasteiger partial charge in [0.25, 0.3) is 17.8 Å². The summed E-state index contributed by atoms with van der Waals surface area (Å²) in [6.07, 6.45) is 2.00. The Balaban J connectivity index is 1.45. The molecule has 0 spiro atoms. The summed E-state index contributed by atoms with van der Waals surface area (Å²) in [6, 6.07) is 21.2. The molecule has 0 radical (unpaired) electrons. The van der Waals surface area contributed by atoms with Crippen LogP contribution in [0.3, 0.4) is 0 Å². The van der Waals surface area contributed by atoms with Crippen molar-refractivity contribution in [3.63, 3.8) is 0 Å². The molecule has 34 heavy (non-hydrogen) atoms. The van der Waals surface area contributed by atoms with Crippen molar-refractivity contribution in [1.82, 2.24) is 14.8 Å². The number of nitrogens with zero attached hydrogens (tertiary/aromatic N) is 4. The largest absolute Gasteiger partial charge is 0.324 e. The van der Waals surface area contributed by atoms with Gasteiger partial charge in [-0.25, -0.2) is 9.58 Å². The van der Waals surface area contributed by atoms with E-state index in [1.807, 2.05) is 30.3 Å². The number of halogens is 2. The van der Waals surface area contributed by atoms with E-state index in [0.717, 1.165) is 21.7 Å². The molecular formula is C25H15Cl2N5O2. The molecule has 0 saturated heterocycles. The van der Waals surface area contributed by atoms with Crippen molar-refractivity contribution in [2.45, 2.75) is 6.04 Å². The second kappa shape index (κ2) is 7.83. The Morgan fingerprint density at radius 1 is 0.794 bits per heavy atom. The maximum atomic E-state index is 13.0. The van der Waals surface area contributed by atoms with E-state index in [4.69, 9.17) is 23.2 Å². The summed E-state index contributed by atoms with van der Waals surface area (Å²) in [4.78, 5) is 31.5. The number of allylic oxidation sites excluding steroid dienone is 1. The molecule has 2 aliphatic heterocycles. The highest BCUT2D eigenvalue weighted by Gasteiger charge is 2.40. The van der Waals surface area contributed by atoms with Crippen molar-refractivity contribution >= 4 is 52.6 Å². The molecule has 2 amide bonds. The lowest BCUT2D eigenvalue weighted by atomic mass is 10.0. The molecule has 4 aromatic rings. The first-order chi connectivity index (χ1) is 16.5. The lowest BCUT2D eigenvalue weighted by Gasteiger charge is -2.24. The Kier molecular flexibility index (Phi) is 4.76. The minimum atomic E-state index is -0.447. The van der Waals surface area contributed by atoms with Crippen LogP contribution in [0.15, 0.2) is 78.9 Å². The van der Waals surface area contributed by atoms with Gasteiger partial charge in [0.15, 0.2) is 0 Å². The molecule has 166 valence electrons. The highest BCUT2D eigenvalue weighted by atomic mass is 35.5. The summed E-state index contributed by atoms with van der Waals surface area (Å²) >= 11 is 12.2. The number of imide groups is 1. The second-order valence-electron chi connectivity index (χ2n) is 7.88. The van der Waals surface area contributed by atoms with Crippen molar-refractivity contribution in [1.29, 1.82) is 0 Å². The van der Waals surface area contributed by atoms with Crippen LogP contribution in [0.1, 0.15) is 37.9 Å². The summed E-state index contributed by atoms with van der Waals surface area (Å²) in [5, 5.41) is 9.08. The number of benzene rings is 3. The fourth-order valence-corrected chi connectivity index (χ4v) is 4.39. The van der Waals surface area contributed by atoms with Gasteiger partial charge < -0.3 is 5.32 Å². The molecule has 6 rings (SSSR count). The fraction of sp³-hybridized carbons (Fsp3) is 0.0400. The highest BCUT2D eigenvalue weighted by molar-refractivity contribution is 6.34. The molecule has 0 fully saturated rings. The first kappa shape index (κ1) is 20.7. The first-order valence-corrected chi connectivity index (χ1v) is 11.2. The molecule has 1 aromatic heterocycles. The number of rotatable bonds is 3. The minimum Gasteiger partial charge on any atom is -0.324 e.